The van der Waals surface area contributed by atoms with Gasteiger partial charge in [0.2, 0.25) is 0 Å². The van der Waals surface area contributed by atoms with Crippen LogP contribution in [0.15, 0.2) is 72.8 Å². The molecule has 0 saturated carbocycles. The van der Waals surface area contributed by atoms with Gasteiger partial charge in [-0.05, 0) is 71.1 Å². The zero-order valence-electron chi connectivity index (χ0n) is 16.2. The van der Waals surface area contributed by atoms with Crippen LogP contribution in [0.1, 0.15) is 20.7 Å². The van der Waals surface area contributed by atoms with Crippen LogP contribution in [0.25, 0.3) is 0 Å². The SMILES string of the molecule is COc1ccc(C(=O)Oc2cccc(C(=O)OCCOc3ccccc3)c2)cc1I. The maximum Gasteiger partial charge on any atom is 0.343 e. The van der Waals surface area contributed by atoms with Crippen LogP contribution in [0.5, 0.6) is 17.2 Å². The van der Waals surface area contributed by atoms with Crippen molar-refractivity contribution in [1.82, 2.24) is 0 Å². The largest absolute Gasteiger partial charge is 0.496 e. The number of ether oxygens (including phenoxy) is 4. The molecule has 3 rings (SSSR count). The molecule has 0 amide bonds. The van der Waals surface area contributed by atoms with E-state index in [1.54, 1.807) is 43.5 Å². The first-order valence-electron chi connectivity index (χ1n) is 9.07. The molecule has 0 saturated heterocycles. The molecule has 0 unspecified atom stereocenters. The van der Waals surface area contributed by atoms with Gasteiger partial charge in [-0.1, -0.05) is 24.3 Å². The fraction of sp³-hybridized carbons (Fsp3) is 0.130. The summed E-state index contributed by atoms with van der Waals surface area (Å²) in [4.78, 5) is 24.6. The van der Waals surface area contributed by atoms with E-state index in [-0.39, 0.29) is 24.5 Å². The number of carbonyl (C=O) groups is 2. The monoisotopic (exact) mass is 518 g/mol. The molecule has 6 nitrogen and oxygen atoms in total. The van der Waals surface area contributed by atoms with Crippen molar-refractivity contribution in [3.05, 3.63) is 87.5 Å². The van der Waals surface area contributed by atoms with Gasteiger partial charge in [0.15, 0.2) is 0 Å². The summed E-state index contributed by atoms with van der Waals surface area (Å²) in [5.74, 6) is 0.575. The number of carbonyl (C=O) groups excluding carboxylic acids is 2. The van der Waals surface area contributed by atoms with E-state index in [9.17, 15) is 9.59 Å². The predicted molar refractivity (Wildman–Crippen MR) is 119 cm³/mol. The maximum atomic E-state index is 12.4. The average Bonchev–Trinajstić information content (AvgIpc) is 2.77. The lowest BCUT2D eigenvalue weighted by atomic mass is 10.2. The topological polar surface area (TPSA) is 71.1 Å². The van der Waals surface area contributed by atoms with Crippen LogP contribution in [0, 0.1) is 3.57 Å². The lowest BCUT2D eigenvalue weighted by molar-refractivity contribution is 0.0449. The molecule has 0 heterocycles. The van der Waals surface area contributed by atoms with Crippen molar-refractivity contribution in [3.63, 3.8) is 0 Å². The van der Waals surface area contributed by atoms with Crippen LogP contribution >= 0.6 is 22.6 Å². The Kier molecular flexibility index (Phi) is 7.67. The highest BCUT2D eigenvalue weighted by Crippen LogP contribution is 2.23. The minimum atomic E-state index is -0.530. The van der Waals surface area contributed by atoms with Crippen LogP contribution < -0.4 is 14.2 Å². The summed E-state index contributed by atoms with van der Waals surface area (Å²) in [5, 5.41) is 0. The third kappa shape index (κ3) is 5.96. The maximum absolute atomic E-state index is 12.4. The van der Waals surface area contributed by atoms with E-state index >= 15 is 0 Å². The van der Waals surface area contributed by atoms with E-state index in [0.717, 1.165) is 3.57 Å². The molecule has 7 heteroatoms. The van der Waals surface area contributed by atoms with Crippen molar-refractivity contribution in [2.75, 3.05) is 20.3 Å². The summed E-state index contributed by atoms with van der Waals surface area (Å²) in [6.45, 7) is 0.336. The summed E-state index contributed by atoms with van der Waals surface area (Å²) in [6.07, 6.45) is 0. The number of benzene rings is 3. The zero-order chi connectivity index (χ0) is 21.3. The molecule has 0 N–H and O–H groups in total. The number of rotatable bonds is 8. The number of hydrogen-bond donors (Lipinski definition) is 0. The quantitative estimate of drug-likeness (QED) is 0.186. The van der Waals surface area contributed by atoms with Crippen molar-refractivity contribution in [1.29, 1.82) is 0 Å². The lowest BCUT2D eigenvalue weighted by Gasteiger charge is -2.09. The van der Waals surface area contributed by atoms with E-state index in [4.69, 9.17) is 18.9 Å². The van der Waals surface area contributed by atoms with E-state index < -0.39 is 11.9 Å². The zero-order valence-corrected chi connectivity index (χ0v) is 18.3. The molecule has 3 aromatic carbocycles. The predicted octanol–water partition coefficient (Wildman–Crippen LogP) is 4.75. The van der Waals surface area contributed by atoms with Crippen molar-refractivity contribution >= 4 is 34.5 Å². The van der Waals surface area contributed by atoms with Gasteiger partial charge in [0.1, 0.15) is 30.5 Å². The Morgan fingerprint density at radius 1 is 0.800 bits per heavy atom. The summed E-state index contributed by atoms with van der Waals surface area (Å²) in [6, 6.07) is 20.5. The van der Waals surface area contributed by atoms with Crippen molar-refractivity contribution < 1.29 is 28.5 Å². The Hall–Kier alpha value is -3.07. The van der Waals surface area contributed by atoms with Crippen LogP contribution in [-0.4, -0.2) is 32.3 Å². The second-order valence-electron chi connectivity index (χ2n) is 6.06. The van der Waals surface area contributed by atoms with Crippen LogP contribution in [0.4, 0.5) is 0 Å². The first-order chi connectivity index (χ1) is 14.6. The van der Waals surface area contributed by atoms with Gasteiger partial charge in [0, 0.05) is 0 Å². The number of esters is 2. The van der Waals surface area contributed by atoms with Crippen molar-refractivity contribution in [2.45, 2.75) is 0 Å². The first-order valence-corrected chi connectivity index (χ1v) is 10.2. The summed E-state index contributed by atoms with van der Waals surface area (Å²) < 4.78 is 22.1. The third-order valence-electron chi connectivity index (χ3n) is 4.00. The second kappa shape index (κ2) is 10.6. The van der Waals surface area contributed by atoms with Crippen LogP contribution in [0.2, 0.25) is 0 Å². The highest BCUT2D eigenvalue weighted by Gasteiger charge is 2.13. The van der Waals surface area contributed by atoms with Gasteiger partial charge < -0.3 is 18.9 Å². The number of hydrogen-bond acceptors (Lipinski definition) is 6. The summed E-state index contributed by atoms with van der Waals surface area (Å²) in [7, 11) is 1.56. The highest BCUT2D eigenvalue weighted by molar-refractivity contribution is 14.1. The molecule has 0 atom stereocenters. The molecular formula is C23H19IO6. The number of methoxy groups -OCH3 is 1. The Bertz CT molecular complexity index is 1020. The third-order valence-corrected chi connectivity index (χ3v) is 4.84. The molecule has 0 aromatic heterocycles. The van der Waals surface area contributed by atoms with E-state index in [0.29, 0.717) is 17.1 Å². The van der Waals surface area contributed by atoms with E-state index in [1.807, 2.05) is 30.3 Å². The minimum absolute atomic E-state index is 0.0992. The molecular weight excluding hydrogens is 499 g/mol. The van der Waals surface area contributed by atoms with Crippen LogP contribution in [0.3, 0.4) is 0 Å². The highest BCUT2D eigenvalue weighted by atomic mass is 127. The summed E-state index contributed by atoms with van der Waals surface area (Å²) in [5.41, 5.74) is 0.663. The smallest absolute Gasteiger partial charge is 0.343 e. The van der Waals surface area contributed by atoms with E-state index in [1.165, 1.54) is 6.07 Å². The Morgan fingerprint density at radius 3 is 2.27 bits per heavy atom. The fourth-order valence-corrected chi connectivity index (χ4v) is 3.28. The average molecular weight is 518 g/mol. The first kappa shape index (κ1) is 21.6. The Labute approximate surface area is 187 Å². The molecule has 0 radical (unpaired) electrons. The molecule has 0 bridgehead atoms. The lowest BCUT2D eigenvalue weighted by Crippen LogP contribution is -2.13. The van der Waals surface area contributed by atoms with E-state index in [2.05, 4.69) is 22.6 Å². The van der Waals surface area contributed by atoms with Crippen molar-refractivity contribution in [3.8, 4) is 17.2 Å². The molecule has 0 aliphatic rings. The minimum Gasteiger partial charge on any atom is -0.496 e. The normalized spacial score (nSPS) is 10.2. The standard InChI is InChI=1S/C23H19IO6/c1-27-21-11-10-17(15-20(21)24)23(26)30-19-9-5-6-16(14-19)22(25)29-13-12-28-18-7-3-2-4-8-18/h2-11,14-15H,12-13H2,1H3. The molecule has 30 heavy (non-hydrogen) atoms. The molecule has 154 valence electrons. The number of para-hydroxylation sites is 1. The molecule has 0 spiro atoms. The fourth-order valence-electron chi connectivity index (χ4n) is 2.54. The van der Waals surface area contributed by atoms with Gasteiger partial charge in [0.25, 0.3) is 0 Å². The van der Waals surface area contributed by atoms with Gasteiger partial charge in [-0.15, -0.1) is 0 Å². The van der Waals surface area contributed by atoms with Gasteiger partial charge >= 0.3 is 11.9 Å². The van der Waals surface area contributed by atoms with Crippen molar-refractivity contribution in [2.24, 2.45) is 0 Å². The van der Waals surface area contributed by atoms with Gasteiger partial charge in [-0.25, -0.2) is 9.59 Å². The number of halogens is 1. The van der Waals surface area contributed by atoms with Gasteiger partial charge in [-0.3, -0.25) is 0 Å². The van der Waals surface area contributed by atoms with Gasteiger partial charge in [0.05, 0.1) is 21.8 Å². The van der Waals surface area contributed by atoms with Crippen LogP contribution in [-0.2, 0) is 4.74 Å². The molecule has 0 aliphatic heterocycles. The second-order valence-corrected chi connectivity index (χ2v) is 7.23. The molecule has 0 fully saturated rings. The Balaban J connectivity index is 1.55. The van der Waals surface area contributed by atoms with Gasteiger partial charge in [-0.2, -0.15) is 0 Å². The summed E-state index contributed by atoms with van der Waals surface area (Å²) >= 11 is 2.08. The molecule has 0 aliphatic carbocycles. The molecule has 3 aromatic rings. The Morgan fingerprint density at radius 2 is 1.53 bits per heavy atom.